The molecule has 0 aliphatic rings. The molecule has 0 aliphatic heterocycles. The average molecular weight is 225 g/mol. The van der Waals surface area contributed by atoms with Crippen LogP contribution in [0.15, 0.2) is 16.8 Å². The molecular weight excluding hydrogens is 202 g/mol. The first-order chi connectivity index (χ1) is 7.08. The van der Waals surface area contributed by atoms with E-state index in [2.05, 4.69) is 49.8 Å². The highest BCUT2D eigenvalue weighted by molar-refractivity contribution is 7.07. The van der Waals surface area contributed by atoms with E-state index >= 15 is 0 Å². The molecule has 0 spiro atoms. The van der Waals surface area contributed by atoms with Crippen LogP contribution in [0.25, 0.3) is 0 Å². The zero-order valence-electron chi connectivity index (χ0n) is 10.3. The molecule has 1 heterocycles. The van der Waals surface area contributed by atoms with Crippen molar-refractivity contribution in [1.29, 1.82) is 0 Å². The van der Waals surface area contributed by atoms with Gasteiger partial charge in [-0.3, -0.25) is 0 Å². The Labute approximate surface area is 97.9 Å². The Kier molecular flexibility index (Phi) is 5.34. The number of rotatable bonds is 6. The van der Waals surface area contributed by atoms with Gasteiger partial charge in [0.2, 0.25) is 0 Å². The van der Waals surface area contributed by atoms with Crippen LogP contribution in [0.1, 0.15) is 39.7 Å². The summed E-state index contributed by atoms with van der Waals surface area (Å²) in [6.07, 6.45) is 2.40. The van der Waals surface area contributed by atoms with Crippen molar-refractivity contribution in [2.75, 3.05) is 0 Å². The van der Waals surface area contributed by atoms with Crippen molar-refractivity contribution < 1.29 is 0 Å². The second-order valence-corrected chi connectivity index (χ2v) is 5.71. The van der Waals surface area contributed by atoms with E-state index in [1.807, 2.05) is 0 Å². The summed E-state index contributed by atoms with van der Waals surface area (Å²) in [6.45, 7) is 9.11. The third-order valence-corrected chi connectivity index (χ3v) is 3.25. The molecule has 1 rings (SSSR count). The van der Waals surface area contributed by atoms with Gasteiger partial charge in [-0.2, -0.15) is 11.3 Å². The minimum atomic E-state index is 0.577. The second kappa shape index (κ2) is 6.29. The lowest BCUT2D eigenvalue weighted by Gasteiger charge is -2.21. The third-order valence-electron chi connectivity index (χ3n) is 2.52. The fourth-order valence-electron chi connectivity index (χ4n) is 2.08. The molecule has 0 aliphatic carbocycles. The van der Waals surface area contributed by atoms with Gasteiger partial charge in [-0.1, -0.05) is 13.8 Å². The van der Waals surface area contributed by atoms with Crippen molar-refractivity contribution in [2.24, 2.45) is 5.92 Å². The van der Waals surface area contributed by atoms with Crippen molar-refractivity contribution in [3.8, 4) is 0 Å². The predicted molar refractivity (Wildman–Crippen MR) is 69.5 cm³/mol. The van der Waals surface area contributed by atoms with E-state index in [1.165, 1.54) is 12.0 Å². The molecule has 2 heteroatoms. The summed E-state index contributed by atoms with van der Waals surface area (Å²) in [5.41, 5.74) is 1.46. The highest BCUT2D eigenvalue weighted by Crippen LogP contribution is 2.10. The number of thiophene rings is 1. The van der Waals surface area contributed by atoms with Crippen molar-refractivity contribution in [3.05, 3.63) is 22.4 Å². The summed E-state index contributed by atoms with van der Waals surface area (Å²) in [7, 11) is 0. The zero-order chi connectivity index (χ0) is 11.3. The molecule has 15 heavy (non-hydrogen) atoms. The van der Waals surface area contributed by atoms with Crippen molar-refractivity contribution >= 4 is 11.3 Å². The summed E-state index contributed by atoms with van der Waals surface area (Å²) in [6, 6.07) is 3.42. The largest absolute Gasteiger partial charge is 0.311 e. The lowest BCUT2D eigenvalue weighted by molar-refractivity contribution is 0.400. The van der Waals surface area contributed by atoms with E-state index in [-0.39, 0.29) is 0 Å². The van der Waals surface area contributed by atoms with Crippen LogP contribution in [0, 0.1) is 5.92 Å². The topological polar surface area (TPSA) is 12.0 Å². The molecule has 0 saturated heterocycles. The molecule has 1 nitrogen and oxygen atoms in total. The van der Waals surface area contributed by atoms with Gasteiger partial charge < -0.3 is 5.32 Å². The molecule has 0 saturated carbocycles. The van der Waals surface area contributed by atoms with E-state index in [9.17, 15) is 0 Å². The van der Waals surface area contributed by atoms with Gasteiger partial charge in [0.15, 0.2) is 0 Å². The molecular formula is C13H23NS. The van der Waals surface area contributed by atoms with Gasteiger partial charge in [-0.05, 0) is 55.0 Å². The van der Waals surface area contributed by atoms with Crippen LogP contribution in [-0.4, -0.2) is 12.1 Å². The highest BCUT2D eigenvalue weighted by Gasteiger charge is 2.09. The number of hydrogen-bond donors (Lipinski definition) is 1. The van der Waals surface area contributed by atoms with Gasteiger partial charge in [0.25, 0.3) is 0 Å². The Hall–Kier alpha value is -0.340. The summed E-state index contributed by atoms with van der Waals surface area (Å²) in [5, 5.41) is 8.05. The molecule has 0 bridgehead atoms. The Morgan fingerprint density at radius 3 is 2.47 bits per heavy atom. The van der Waals surface area contributed by atoms with Crippen molar-refractivity contribution in [3.63, 3.8) is 0 Å². The first-order valence-corrected chi connectivity index (χ1v) is 6.79. The molecule has 0 aromatic carbocycles. The molecule has 1 N–H and O–H groups in total. The van der Waals surface area contributed by atoms with Crippen molar-refractivity contribution in [2.45, 2.75) is 52.6 Å². The Balaban J connectivity index is 2.26. The van der Waals surface area contributed by atoms with Crippen LogP contribution in [0.4, 0.5) is 0 Å². The monoisotopic (exact) mass is 225 g/mol. The molecule has 2 atom stereocenters. The first-order valence-electron chi connectivity index (χ1n) is 5.85. The highest BCUT2D eigenvalue weighted by atomic mass is 32.1. The Morgan fingerprint density at radius 2 is 1.93 bits per heavy atom. The maximum atomic E-state index is 3.65. The van der Waals surface area contributed by atoms with Gasteiger partial charge in [-0.15, -0.1) is 0 Å². The van der Waals surface area contributed by atoms with E-state index in [1.54, 1.807) is 11.3 Å². The molecule has 86 valence electrons. The molecule has 0 radical (unpaired) electrons. The predicted octanol–water partition coefficient (Wildman–Crippen LogP) is 3.70. The second-order valence-electron chi connectivity index (χ2n) is 4.93. The van der Waals surface area contributed by atoms with Crippen LogP contribution in [0.5, 0.6) is 0 Å². The maximum absolute atomic E-state index is 3.65. The van der Waals surface area contributed by atoms with Gasteiger partial charge >= 0.3 is 0 Å². The van der Waals surface area contributed by atoms with E-state index in [4.69, 9.17) is 0 Å². The Morgan fingerprint density at radius 1 is 1.20 bits per heavy atom. The minimum absolute atomic E-state index is 0.577. The van der Waals surface area contributed by atoms with Crippen molar-refractivity contribution in [1.82, 2.24) is 5.32 Å². The zero-order valence-corrected chi connectivity index (χ0v) is 11.1. The van der Waals surface area contributed by atoms with Crippen LogP contribution in [0.3, 0.4) is 0 Å². The fourth-order valence-corrected chi connectivity index (χ4v) is 2.76. The molecule has 2 unspecified atom stereocenters. The van der Waals surface area contributed by atoms with Crippen LogP contribution in [-0.2, 0) is 6.42 Å². The van der Waals surface area contributed by atoms with Gasteiger partial charge in [-0.25, -0.2) is 0 Å². The number of hydrogen-bond acceptors (Lipinski definition) is 2. The SMILES string of the molecule is CC(C)CC(C)NC(C)Cc1ccsc1. The summed E-state index contributed by atoms with van der Waals surface area (Å²) < 4.78 is 0. The van der Waals surface area contributed by atoms with Crippen LogP contribution >= 0.6 is 11.3 Å². The smallest absolute Gasteiger partial charge is 0.00819 e. The van der Waals surface area contributed by atoms with Gasteiger partial charge in [0.05, 0.1) is 0 Å². The lowest BCUT2D eigenvalue weighted by Crippen LogP contribution is -2.36. The van der Waals surface area contributed by atoms with Gasteiger partial charge in [0, 0.05) is 12.1 Å². The minimum Gasteiger partial charge on any atom is -0.311 e. The van der Waals surface area contributed by atoms with Crippen LogP contribution in [0.2, 0.25) is 0 Å². The average Bonchev–Trinajstić information content (AvgIpc) is 2.53. The molecule has 0 amide bonds. The quantitative estimate of drug-likeness (QED) is 0.778. The molecule has 1 aromatic rings. The fraction of sp³-hybridized carbons (Fsp3) is 0.692. The maximum Gasteiger partial charge on any atom is 0.00819 e. The van der Waals surface area contributed by atoms with Crippen LogP contribution < -0.4 is 5.32 Å². The summed E-state index contributed by atoms with van der Waals surface area (Å²) in [5.74, 6) is 0.779. The van der Waals surface area contributed by atoms with Gasteiger partial charge in [0.1, 0.15) is 0 Å². The molecule has 1 aromatic heterocycles. The lowest BCUT2D eigenvalue weighted by atomic mass is 10.0. The van der Waals surface area contributed by atoms with E-state index in [0.717, 1.165) is 12.3 Å². The Bertz CT molecular complexity index is 254. The van der Waals surface area contributed by atoms with E-state index < -0.39 is 0 Å². The molecule has 0 fully saturated rings. The first kappa shape index (κ1) is 12.7. The third kappa shape index (κ3) is 5.33. The summed E-state index contributed by atoms with van der Waals surface area (Å²) >= 11 is 1.78. The number of nitrogens with one attached hydrogen (secondary N) is 1. The normalized spacial score (nSPS) is 15.5. The standard InChI is InChI=1S/C13H23NS/c1-10(2)7-11(3)14-12(4)8-13-5-6-15-9-13/h5-6,9-12,14H,7-8H2,1-4H3. The van der Waals surface area contributed by atoms with E-state index in [0.29, 0.717) is 12.1 Å². The summed E-state index contributed by atoms with van der Waals surface area (Å²) in [4.78, 5) is 0.